The van der Waals surface area contributed by atoms with Gasteiger partial charge < -0.3 is 10.1 Å². The molecule has 0 amide bonds. The van der Waals surface area contributed by atoms with E-state index in [0.717, 1.165) is 9.92 Å². The number of anilines is 2. The van der Waals surface area contributed by atoms with Gasteiger partial charge in [0.2, 0.25) is 5.13 Å². The fraction of sp³-hybridized carbons (Fsp3) is 0.280. The number of ether oxygens (including phenoxy) is 1. The molecule has 0 radical (unpaired) electrons. The maximum atomic E-state index is 12.4. The van der Waals surface area contributed by atoms with E-state index in [1.54, 1.807) is 26.5 Å². The highest BCUT2D eigenvalue weighted by Gasteiger charge is 2.31. The minimum Gasteiger partial charge on any atom is -0.453 e. The molecule has 0 spiro atoms. The lowest BCUT2D eigenvalue weighted by Crippen LogP contribution is -2.44. The lowest BCUT2D eigenvalue weighted by atomic mass is 9.98. The summed E-state index contributed by atoms with van der Waals surface area (Å²) < 4.78 is 38.3. The van der Waals surface area contributed by atoms with E-state index in [2.05, 4.69) is 19.7 Å². The number of hydrogen-bond donors (Lipinski definition) is 1. The Bertz CT molecular complexity index is 1470. The molecular formula is C25H29Cl2N7O3S3. The molecule has 1 saturated heterocycles. The Kier molecular flexibility index (Phi) is 11.5. The number of rotatable bonds is 9. The highest BCUT2D eigenvalue weighted by Crippen LogP contribution is 2.36. The predicted octanol–water partition coefficient (Wildman–Crippen LogP) is 5.84. The first-order chi connectivity index (χ1) is 18.4. The molecule has 0 bridgehead atoms. The minimum absolute atomic E-state index is 0. The number of pyridine rings is 2. The summed E-state index contributed by atoms with van der Waals surface area (Å²) in [7, 11) is -0.306. The Morgan fingerprint density at radius 1 is 1.05 bits per heavy atom. The normalized spacial score (nSPS) is 14.3. The van der Waals surface area contributed by atoms with Gasteiger partial charge in [-0.2, -0.15) is 21.4 Å². The molecule has 0 aliphatic carbocycles. The lowest BCUT2D eigenvalue weighted by Gasteiger charge is -2.31. The van der Waals surface area contributed by atoms with Crippen LogP contribution in [0.1, 0.15) is 24.6 Å². The van der Waals surface area contributed by atoms with Crippen molar-refractivity contribution in [1.29, 1.82) is 0 Å². The van der Waals surface area contributed by atoms with Gasteiger partial charge in [0.25, 0.3) is 10.2 Å². The molecule has 0 unspecified atom stereocenters. The number of para-hydroxylation sites is 1. The topological polar surface area (TPSA) is 113 Å². The summed E-state index contributed by atoms with van der Waals surface area (Å²) in [5.74, 6) is 2.58. The SMILES string of the molecule is CN(C)S(=O)(=O)N1CCC(c2nsc(Nc3ncc(Sc4ccccn4)cc3Oc3ccccc3)n2)CC1.Cl.Cl. The molecule has 4 aromatic rings. The van der Waals surface area contributed by atoms with Crippen LogP contribution in [0.25, 0.3) is 0 Å². The van der Waals surface area contributed by atoms with Crippen molar-refractivity contribution in [2.24, 2.45) is 0 Å². The Hall–Kier alpha value is -2.52. The summed E-state index contributed by atoms with van der Waals surface area (Å²) in [4.78, 5) is 14.6. The van der Waals surface area contributed by atoms with E-state index >= 15 is 0 Å². The highest BCUT2D eigenvalue weighted by molar-refractivity contribution is 7.99. The first kappa shape index (κ1) is 32.0. The number of nitrogens with zero attached hydrogens (tertiary/aromatic N) is 6. The van der Waals surface area contributed by atoms with Crippen LogP contribution in [0.15, 0.2) is 76.9 Å². The predicted molar refractivity (Wildman–Crippen MR) is 163 cm³/mol. The third-order valence-corrected chi connectivity index (χ3v) is 9.43. The van der Waals surface area contributed by atoms with E-state index in [9.17, 15) is 8.42 Å². The molecule has 1 aliphatic rings. The van der Waals surface area contributed by atoms with Gasteiger partial charge in [0, 0.05) is 68.0 Å². The Morgan fingerprint density at radius 3 is 2.45 bits per heavy atom. The van der Waals surface area contributed by atoms with Crippen molar-refractivity contribution < 1.29 is 13.2 Å². The second kappa shape index (κ2) is 14.4. The zero-order valence-corrected chi connectivity index (χ0v) is 25.8. The summed E-state index contributed by atoms with van der Waals surface area (Å²) in [6.07, 6.45) is 4.86. The molecule has 1 aromatic carbocycles. The number of aromatic nitrogens is 4. The number of hydrogen-bond acceptors (Lipinski definition) is 10. The van der Waals surface area contributed by atoms with Gasteiger partial charge in [0.05, 0.1) is 0 Å². The minimum atomic E-state index is -3.41. The van der Waals surface area contributed by atoms with Crippen LogP contribution in [0.4, 0.5) is 10.9 Å². The van der Waals surface area contributed by atoms with Crippen molar-refractivity contribution >= 4 is 69.3 Å². The molecule has 1 N–H and O–H groups in total. The van der Waals surface area contributed by atoms with E-state index in [-0.39, 0.29) is 30.7 Å². The molecule has 1 fully saturated rings. The first-order valence-corrected chi connectivity index (χ1v) is 15.0. The zero-order valence-electron chi connectivity index (χ0n) is 21.7. The van der Waals surface area contributed by atoms with Crippen molar-refractivity contribution in [3.63, 3.8) is 0 Å². The molecule has 214 valence electrons. The average molecular weight is 643 g/mol. The Morgan fingerprint density at radius 2 is 1.77 bits per heavy atom. The maximum Gasteiger partial charge on any atom is 0.281 e. The van der Waals surface area contributed by atoms with Crippen LogP contribution >= 0.6 is 48.1 Å². The molecule has 4 heterocycles. The number of piperidine rings is 1. The largest absolute Gasteiger partial charge is 0.453 e. The van der Waals surface area contributed by atoms with Gasteiger partial charge in [-0.3, -0.25) is 0 Å². The van der Waals surface area contributed by atoms with Crippen LogP contribution in [-0.2, 0) is 10.2 Å². The van der Waals surface area contributed by atoms with E-state index in [0.29, 0.717) is 54.2 Å². The van der Waals surface area contributed by atoms with Gasteiger partial charge in [0.15, 0.2) is 11.6 Å². The monoisotopic (exact) mass is 641 g/mol. The van der Waals surface area contributed by atoms with Gasteiger partial charge in [0.1, 0.15) is 16.6 Å². The van der Waals surface area contributed by atoms with E-state index in [1.165, 1.54) is 31.9 Å². The van der Waals surface area contributed by atoms with Crippen molar-refractivity contribution in [2.75, 3.05) is 32.5 Å². The third kappa shape index (κ3) is 7.81. The molecule has 5 rings (SSSR count). The summed E-state index contributed by atoms with van der Waals surface area (Å²) in [6.45, 7) is 0.887. The highest BCUT2D eigenvalue weighted by atomic mass is 35.5. The standard InChI is InChI=1S/C25H27N7O3S3.2ClH/c1-31(2)38(33,34)32-14-11-18(12-15-32)23-28-25(37-30-23)29-24-21(35-19-8-4-3-5-9-19)16-20(17-27-24)36-22-10-6-7-13-26-22;;/h3-10,13,16-18H,11-12,14-15H2,1-2H3,(H,27,28,29,30);2*1H. The van der Waals surface area contributed by atoms with Gasteiger partial charge in [-0.15, -0.1) is 24.8 Å². The molecule has 3 aromatic heterocycles. The Labute approximate surface area is 254 Å². The molecule has 10 nitrogen and oxygen atoms in total. The quantitative estimate of drug-likeness (QED) is 0.240. The van der Waals surface area contributed by atoms with Crippen LogP contribution < -0.4 is 10.1 Å². The van der Waals surface area contributed by atoms with Crippen molar-refractivity contribution in [3.8, 4) is 11.5 Å². The van der Waals surface area contributed by atoms with Gasteiger partial charge in [-0.05, 0) is 37.1 Å². The number of benzene rings is 1. The van der Waals surface area contributed by atoms with Crippen LogP contribution in [0, 0.1) is 0 Å². The number of nitrogens with one attached hydrogen (secondary N) is 1. The van der Waals surface area contributed by atoms with E-state index in [4.69, 9.17) is 9.72 Å². The zero-order chi connectivity index (χ0) is 26.5. The lowest BCUT2D eigenvalue weighted by molar-refractivity contribution is 0.298. The molecule has 0 saturated carbocycles. The average Bonchev–Trinajstić information content (AvgIpc) is 3.40. The number of halogens is 2. The first-order valence-electron chi connectivity index (χ1n) is 12.0. The Balaban J connectivity index is 0.00000220. The van der Waals surface area contributed by atoms with Crippen LogP contribution in [0.2, 0.25) is 0 Å². The molecule has 15 heteroatoms. The maximum absolute atomic E-state index is 12.4. The fourth-order valence-electron chi connectivity index (χ4n) is 3.93. The van der Waals surface area contributed by atoms with Gasteiger partial charge >= 0.3 is 0 Å². The molecule has 0 atom stereocenters. The summed E-state index contributed by atoms with van der Waals surface area (Å²) in [6, 6.07) is 17.2. The van der Waals surface area contributed by atoms with Gasteiger partial charge in [-0.25, -0.2) is 15.0 Å². The molecule has 1 aliphatic heterocycles. The van der Waals surface area contributed by atoms with Crippen molar-refractivity contribution in [3.05, 3.63) is 72.8 Å². The summed E-state index contributed by atoms with van der Waals surface area (Å²) >= 11 is 2.75. The van der Waals surface area contributed by atoms with Gasteiger partial charge in [-0.1, -0.05) is 36.0 Å². The molecular weight excluding hydrogens is 613 g/mol. The summed E-state index contributed by atoms with van der Waals surface area (Å²) in [5, 5.41) is 4.72. The smallest absolute Gasteiger partial charge is 0.281 e. The van der Waals surface area contributed by atoms with Crippen molar-refractivity contribution in [2.45, 2.75) is 28.7 Å². The van der Waals surface area contributed by atoms with Crippen LogP contribution in [-0.4, -0.2) is 63.5 Å². The third-order valence-electron chi connectivity index (χ3n) is 5.93. The van der Waals surface area contributed by atoms with E-state index in [1.807, 2.05) is 54.6 Å². The van der Waals surface area contributed by atoms with Crippen LogP contribution in [0.3, 0.4) is 0 Å². The van der Waals surface area contributed by atoms with E-state index < -0.39 is 10.2 Å². The second-order valence-corrected chi connectivity index (χ2v) is 12.7. The fourth-order valence-corrected chi connectivity index (χ4v) is 6.48. The molecule has 40 heavy (non-hydrogen) atoms. The van der Waals surface area contributed by atoms with Crippen LogP contribution in [0.5, 0.6) is 11.5 Å². The summed E-state index contributed by atoms with van der Waals surface area (Å²) in [5.41, 5.74) is 0. The van der Waals surface area contributed by atoms with Crippen molar-refractivity contribution in [1.82, 2.24) is 27.9 Å². The second-order valence-electron chi connectivity index (χ2n) is 8.75.